The van der Waals surface area contributed by atoms with Crippen LogP contribution in [0.4, 0.5) is 5.69 Å². The van der Waals surface area contributed by atoms with E-state index in [0.717, 1.165) is 4.90 Å². The van der Waals surface area contributed by atoms with Crippen molar-refractivity contribution in [2.24, 2.45) is 5.73 Å². The monoisotopic (exact) mass is 307 g/mol. The maximum absolute atomic E-state index is 11.9. The molecule has 3 N–H and O–H groups in total. The second-order valence-corrected chi connectivity index (χ2v) is 4.29. The summed E-state index contributed by atoms with van der Waals surface area (Å²) >= 11 is 0. The van der Waals surface area contributed by atoms with E-state index in [1.54, 1.807) is 0 Å². The van der Waals surface area contributed by atoms with Crippen LogP contribution in [0.5, 0.6) is 0 Å². The van der Waals surface area contributed by atoms with Gasteiger partial charge in [-0.05, 0) is 24.3 Å². The van der Waals surface area contributed by atoms with E-state index in [-0.39, 0.29) is 13.1 Å². The predicted octanol–water partition coefficient (Wildman–Crippen LogP) is -0.254. The zero-order chi connectivity index (χ0) is 16.7. The van der Waals surface area contributed by atoms with Crippen molar-refractivity contribution in [2.45, 2.75) is 6.92 Å². The first-order valence-electron chi connectivity index (χ1n) is 6.42. The van der Waals surface area contributed by atoms with E-state index in [0.29, 0.717) is 11.3 Å². The fourth-order valence-corrected chi connectivity index (χ4v) is 1.65. The number of carbonyl (C=O) groups is 4. The average molecular weight is 307 g/mol. The minimum Gasteiger partial charge on any atom is -0.465 e. The molecule has 0 bridgehead atoms. The zero-order valence-electron chi connectivity index (χ0n) is 12.3. The van der Waals surface area contributed by atoms with Crippen molar-refractivity contribution in [3.63, 3.8) is 0 Å². The number of carbonyl (C=O) groups excluding carboxylic acids is 4. The molecule has 0 heterocycles. The van der Waals surface area contributed by atoms with Gasteiger partial charge in [0, 0.05) is 25.7 Å². The Kier molecular flexibility index (Phi) is 6.21. The highest BCUT2D eigenvalue weighted by Gasteiger charge is 2.24. The molecule has 1 aromatic carbocycles. The molecule has 0 radical (unpaired) electrons. The van der Waals surface area contributed by atoms with Crippen LogP contribution in [-0.4, -0.2) is 48.8 Å². The molecule has 0 saturated heterocycles. The third kappa shape index (κ3) is 4.38. The molecule has 0 aliphatic carbocycles. The van der Waals surface area contributed by atoms with Crippen molar-refractivity contribution in [3.8, 4) is 0 Å². The largest absolute Gasteiger partial charge is 0.465 e. The minimum absolute atomic E-state index is 0.0388. The Morgan fingerprint density at radius 2 is 1.77 bits per heavy atom. The van der Waals surface area contributed by atoms with Gasteiger partial charge in [-0.3, -0.25) is 19.3 Å². The molecule has 22 heavy (non-hydrogen) atoms. The van der Waals surface area contributed by atoms with Gasteiger partial charge in [0.1, 0.15) is 0 Å². The molecule has 8 heteroatoms. The van der Waals surface area contributed by atoms with E-state index in [2.05, 4.69) is 10.1 Å². The Morgan fingerprint density at radius 3 is 2.23 bits per heavy atom. The van der Waals surface area contributed by atoms with Gasteiger partial charge in [0.05, 0.1) is 12.7 Å². The van der Waals surface area contributed by atoms with Crippen LogP contribution in [0.3, 0.4) is 0 Å². The number of methoxy groups -OCH3 is 1. The molecule has 0 spiro atoms. The summed E-state index contributed by atoms with van der Waals surface area (Å²) in [5.41, 5.74) is 5.91. The van der Waals surface area contributed by atoms with Crippen LogP contribution in [-0.2, 0) is 19.1 Å². The topological polar surface area (TPSA) is 119 Å². The predicted molar refractivity (Wildman–Crippen MR) is 77.9 cm³/mol. The smallest absolute Gasteiger partial charge is 0.337 e. The quantitative estimate of drug-likeness (QED) is 0.584. The van der Waals surface area contributed by atoms with Crippen LogP contribution in [0.15, 0.2) is 24.3 Å². The number of imide groups is 1. The summed E-state index contributed by atoms with van der Waals surface area (Å²) in [6.45, 7) is 1.20. The molecule has 0 fully saturated rings. The summed E-state index contributed by atoms with van der Waals surface area (Å²) in [7, 11) is 1.25. The summed E-state index contributed by atoms with van der Waals surface area (Å²) in [5.74, 6) is -3.03. The van der Waals surface area contributed by atoms with E-state index in [1.165, 1.54) is 38.3 Å². The molecule has 118 valence electrons. The zero-order valence-corrected chi connectivity index (χ0v) is 12.3. The third-order valence-electron chi connectivity index (χ3n) is 2.74. The maximum Gasteiger partial charge on any atom is 0.337 e. The summed E-state index contributed by atoms with van der Waals surface area (Å²) < 4.78 is 4.54. The van der Waals surface area contributed by atoms with Crippen molar-refractivity contribution in [2.75, 3.05) is 25.5 Å². The molecule has 0 unspecified atom stereocenters. The average Bonchev–Trinajstić information content (AvgIpc) is 2.51. The van der Waals surface area contributed by atoms with Crippen molar-refractivity contribution in [3.05, 3.63) is 29.8 Å². The lowest BCUT2D eigenvalue weighted by Crippen LogP contribution is -2.44. The van der Waals surface area contributed by atoms with Crippen LogP contribution in [0, 0.1) is 0 Å². The highest BCUT2D eigenvalue weighted by Crippen LogP contribution is 2.10. The first-order chi connectivity index (χ1) is 10.4. The Hall–Kier alpha value is -2.74. The number of rotatable bonds is 4. The molecule has 0 aliphatic heterocycles. The first-order valence-corrected chi connectivity index (χ1v) is 6.42. The second-order valence-electron chi connectivity index (χ2n) is 4.29. The van der Waals surface area contributed by atoms with Gasteiger partial charge in [-0.2, -0.15) is 0 Å². The lowest BCUT2D eigenvalue weighted by molar-refractivity contribution is -0.149. The Labute approximate surface area is 127 Å². The van der Waals surface area contributed by atoms with E-state index < -0.39 is 23.7 Å². The molecular weight excluding hydrogens is 290 g/mol. The van der Waals surface area contributed by atoms with Crippen molar-refractivity contribution in [1.82, 2.24) is 4.90 Å². The number of anilines is 1. The fourth-order valence-electron chi connectivity index (χ4n) is 1.65. The minimum atomic E-state index is -0.991. The van der Waals surface area contributed by atoms with Crippen molar-refractivity contribution >= 4 is 29.4 Å². The number of hydrogen-bond donors (Lipinski definition) is 2. The highest BCUT2D eigenvalue weighted by atomic mass is 16.5. The number of amides is 3. The molecule has 1 rings (SSSR count). The number of nitrogens with zero attached hydrogens (tertiary/aromatic N) is 1. The number of esters is 1. The van der Waals surface area contributed by atoms with Gasteiger partial charge >= 0.3 is 17.8 Å². The van der Waals surface area contributed by atoms with Crippen molar-refractivity contribution in [1.29, 1.82) is 0 Å². The molecule has 3 amide bonds. The van der Waals surface area contributed by atoms with Gasteiger partial charge in [-0.15, -0.1) is 0 Å². The van der Waals surface area contributed by atoms with Crippen LogP contribution in [0.1, 0.15) is 17.3 Å². The first kappa shape index (κ1) is 17.3. The third-order valence-corrected chi connectivity index (χ3v) is 2.74. The van der Waals surface area contributed by atoms with E-state index in [4.69, 9.17) is 5.73 Å². The molecule has 0 aliphatic rings. The van der Waals surface area contributed by atoms with E-state index in [1.807, 2.05) is 0 Å². The normalized spacial score (nSPS) is 9.77. The molecule has 0 aromatic heterocycles. The summed E-state index contributed by atoms with van der Waals surface area (Å²) in [6.07, 6.45) is 0. The van der Waals surface area contributed by atoms with Gasteiger partial charge < -0.3 is 15.8 Å². The van der Waals surface area contributed by atoms with E-state index in [9.17, 15) is 19.2 Å². The standard InChI is InChI=1S/C14H17N3O5/c1-9(18)17(8-7-15)13(20)12(19)16-11-5-3-10(4-6-11)14(21)22-2/h3-6H,7-8,15H2,1-2H3,(H,16,19). The highest BCUT2D eigenvalue weighted by molar-refractivity contribution is 6.41. The van der Waals surface area contributed by atoms with Crippen molar-refractivity contribution < 1.29 is 23.9 Å². The van der Waals surface area contributed by atoms with Crippen LogP contribution < -0.4 is 11.1 Å². The fraction of sp³-hybridized carbons (Fsp3) is 0.286. The summed E-state index contributed by atoms with van der Waals surface area (Å²) in [5, 5.41) is 2.34. The van der Waals surface area contributed by atoms with Gasteiger partial charge in [0.25, 0.3) is 0 Å². The van der Waals surface area contributed by atoms with Gasteiger partial charge in [-0.25, -0.2) is 4.79 Å². The summed E-state index contributed by atoms with van der Waals surface area (Å²) in [4.78, 5) is 47.0. The van der Waals surface area contributed by atoms with Crippen LogP contribution in [0.2, 0.25) is 0 Å². The molecular formula is C14H17N3O5. The lowest BCUT2D eigenvalue weighted by atomic mass is 10.2. The SMILES string of the molecule is COC(=O)c1ccc(NC(=O)C(=O)N(CCN)C(C)=O)cc1. The maximum atomic E-state index is 11.9. The number of nitrogens with one attached hydrogen (secondary N) is 1. The van der Waals surface area contributed by atoms with Crippen LogP contribution >= 0.6 is 0 Å². The number of nitrogens with two attached hydrogens (primary N) is 1. The molecule has 0 atom stereocenters. The Bertz CT molecular complexity index is 583. The van der Waals surface area contributed by atoms with Gasteiger partial charge in [0.15, 0.2) is 0 Å². The number of benzene rings is 1. The summed E-state index contributed by atoms with van der Waals surface area (Å²) in [6, 6.07) is 5.76. The molecule has 8 nitrogen and oxygen atoms in total. The number of hydrogen-bond acceptors (Lipinski definition) is 6. The Morgan fingerprint density at radius 1 is 1.18 bits per heavy atom. The number of ether oxygens (including phenoxy) is 1. The van der Waals surface area contributed by atoms with Crippen LogP contribution in [0.25, 0.3) is 0 Å². The van der Waals surface area contributed by atoms with E-state index >= 15 is 0 Å². The lowest BCUT2D eigenvalue weighted by Gasteiger charge is -2.17. The van der Waals surface area contributed by atoms with Gasteiger partial charge in [-0.1, -0.05) is 0 Å². The Balaban J connectivity index is 2.77. The second kappa shape index (κ2) is 7.89. The molecule has 0 saturated carbocycles. The van der Waals surface area contributed by atoms with Gasteiger partial charge in [0.2, 0.25) is 5.91 Å². The molecule has 1 aromatic rings.